The van der Waals surface area contributed by atoms with Crippen molar-refractivity contribution in [3.8, 4) is 0 Å². The van der Waals surface area contributed by atoms with Gasteiger partial charge in [0.05, 0.1) is 19.3 Å². The van der Waals surface area contributed by atoms with Crippen LogP contribution in [-0.4, -0.2) is 57.6 Å². The molecule has 7 nitrogen and oxygen atoms in total. The zero-order valence-electron chi connectivity index (χ0n) is 8.39. The van der Waals surface area contributed by atoms with E-state index in [-0.39, 0.29) is 5.97 Å². The molecule has 2 aliphatic rings. The number of rotatable bonds is 1. The summed E-state index contributed by atoms with van der Waals surface area (Å²) in [4.78, 5) is 9.96. The number of carbonyl (C=O) groups is 1. The van der Waals surface area contributed by atoms with E-state index in [9.17, 15) is 4.79 Å². The second-order valence-electron chi connectivity index (χ2n) is 3.29. The second-order valence-corrected chi connectivity index (χ2v) is 3.29. The summed E-state index contributed by atoms with van der Waals surface area (Å²) < 4.78 is 8.87. The van der Waals surface area contributed by atoms with Crippen molar-refractivity contribution in [1.29, 1.82) is 0 Å². The number of hydrogen-bond acceptors (Lipinski definition) is 7. The first-order valence-corrected chi connectivity index (χ1v) is 4.71. The minimum Gasteiger partial charge on any atom is -0.435 e. The average Bonchev–Trinajstić information content (AvgIpc) is 2.83. The molecule has 4 atom stereocenters. The number of cyclic esters (lactones) is 1. The van der Waals surface area contributed by atoms with Gasteiger partial charge in [0, 0.05) is 0 Å². The molecular formula is C9H14O7. The summed E-state index contributed by atoms with van der Waals surface area (Å²) in [6.45, 7) is -0.407. The molecule has 2 heterocycles. The molecule has 2 aliphatic heterocycles. The summed E-state index contributed by atoms with van der Waals surface area (Å²) in [5.74, 6) is -0.157. The molecule has 0 radical (unpaired) electrons. The Labute approximate surface area is 91.5 Å². The number of hydrogen-bond donors (Lipinski definition) is 4. The third-order valence-corrected chi connectivity index (χ3v) is 2.10. The van der Waals surface area contributed by atoms with E-state index >= 15 is 0 Å². The molecule has 0 unspecified atom stereocenters. The summed E-state index contributed by atoms with van der Waals surface area (Å²) in [6.07, 6.45) is -1.22. The molecule has 2 rings (SSSR count). The summed E-state index contributed by atoms with van der Waals surface area (Å²) in [6, 6.07) is 0. The van der Waals surface area contributed by atoms with Crippen molar-refractivity contribution in [3.63, 3.8) is 0 Å². The van der Waals surface area contributed by atoms with Crippen molar-refractivity contribution in [3.05, 3.63) is 12.3 Å². The van der Waals surface area contributed by atoms with Crippen molar-refractivity contribution in [1.82, 2.24) is 0 Å². The summed E-state index contributed by atoms with van der Waals surface area (Å²) in [5.41, 5.74) is 0. The Balaban J connectivity index is 0.000000181. The van der Waals surface area contributed by atoms with Gasteiger partial charge in [-0.15, -0.1) is 0 Å². The van der Waals surface area contributed by atoms with E-state index in [0.717, 1.165) is 0 Å². The zero-order chi connectivity index (χ0) is 12.1. The highest BCUT2D eigenvalue weighted by Crippen LogP contribution is 2.18. The van der Waals surface area contributed by atoms with Gasteiger partial charge >= 0.3 is 5.97 Å². The van der Waals surface area contributed by atoms with Gasteiger partial charge in [-0.05, 0) is 6.08 Å². The molecule has 92 valence electrons. The van der Waals surface area contributed by atoms with Gasteiger partial charge in [-0.3, -0.25) is 4.79 Å². The van der Waals surface area contributed by atoms with Crippen LogP contribution in [0.3, 0.4) is 0 Å². The van der Waals surface area contributed by atoms with E-state index in [0.29, 0.717) is 6.42 Å². The monoisotopic (exact) mass is 234 g/mol. The van der Waals surface area contributed by atoms with Crippen LogP contribution in [0.1, 0.15) is 6.42 Å². The molecule has 0 aromatic heterocycles. The van der Waals surface area contributed by atoms with Crippen molar-refractivity contribution < 1.29 is 34.7 Å². The van der Waals surface area contributed by atoms with E-state index in [1.165, 1.54) is 6.26 Å². The highest BCUT2D eigenvalue weighted by Gasteiger charge is 2.41. The molecule has 7 heteroatoms. The van der Waals surface area contributed by atoms with Crippen LogP contribution in [0.4, 0.5) is 0 Å². The number of carbonyl (C=O) groups excluding carboxylic acids is 1. The lowest BCUT2D eigenvalue weighted by atomic mass is 10.1. The fourth-order valence-electron chi connectivity index (χ4n) is 1.20. The van der Waals surface area contributed by atoms with Crippen molar-refractivity contribution in [2.45, 2.75) is 31.0 Å². The largest absolute Gasteiger partial charge is 0.435 e. The first-order chi connectivity index (χ1) is 7.56. The Morgan fingerprint density at radius 3 is 2.19 bits per heavy atom. The summed E-state index contributed by atoms with van der Waals surface area (Å²) in [5, 5.41) is 35.0. The Morgan fingerprint density at radius 1 is 1.31 bits per heavy atom. The standard InChI is InChI=1S/C5H10O5.C4H4O2/c6-1-2-3(7)4(8)5(9)10-2;5-4-2-1-3-6-4/h2-9H,1H2;1,3H,2H2/t2-,3-,4-,5-;/m1./s1. The van der Waals surface area contributed by atoms with Crippen LogP contribution in [0.2, 0.25) is 0 Å². The quantitative estimate of drug-likeness (QED) is 0.383. The lowest BCUT2D eigenvalue weighted by molar-refractivity contribution is -0.135. The van der Waals surface area contributed by atoms with Crippen LogP contribution < -0.4 is 0 Å². The maximum atomic E-state index is 9.96. The Morgan fingerprint density at radius 2 is 2.00 bits per heavy atom. The fourth-order valence-corrected chi connectivity index (χ4v) is 1.20. The molecule has 0 aromatic rings. The van der Waals surface area contributed by atoms with E-state index in [2.05, 4.69) is 9.47 Å². The maximum absolute atomic E-state index is 9.96. The molecule has 0 aromatic carbocycles. The maximum Gasteiger partial charge on any atom is 0.314 e. The van der Waals surface area contributed by atoms with Crippen molar-refractivity contribution in [2.75, 3.05) is 6.61 Å². The average molecular weight is 234 g/mol. The van der Waals surface area contributed by atoms with Crippen LogP contribution in [0.5, 0.6) is 0 Å². The number of esters is 1. The Hall–Kier alpha value is -0.990. The summed E-state index contributed by atoms with van der Waals surface area (Å²) in [7, 11) is 0. The van der Waals surface area contributed by atoms with Crippen LogP contribution in [0, 0.1) is 0 Å². The lowest BCUT2D eigenvalue weighted by Gasteiger charge is -2.09. The number of ether oxygens (including phenoxy) is 2. The van der Waals surface area contributed by atoms with Crippen LogP contribution >= 0.6 is 0 Å². The van der Waals surface area contributed by atoms with Gasteiger partial charge in [0.15, 0.2) is 6.29 Å². The molecule has 0 aliphatic carbocycles. The van der Waals surface area contributed by atoms with E-state index in [4.69, 9.17) is 20.4 Å². The topological polar surface area (TPSA) is 116 Å². The minimum atomic E-state index is -1.38. The van der Waals surface area contributed by atoms with Gasteiger partial charge in [-0.25, -0.2) is 0 Å². The van der Waals surface area contributed by atoms with E-state index in [1.807, 2.05) is 0 Å². The van der Waals surface area contributed by atoms with Crippen molar-refractivity contribution >= 4 is 5.97 Å². The van der Waals surface area contributed by atoms with Crippen LogP contribution in [0.25, 0.3) is 0 Å². The first kappa shape index (κ1) is 13.1. The normalized spacial score (nSPS) is 36.9. The Bertz CT molecular complexity index is 255. The molecule has 0 saturated carbocycles. The highest BCUT2D eigenvalue weighted by molar-refractivity contribution is 5.73. The van der Waals surface area contributed by atoms with Crippen LogP contribution in [-0.2, 0) is 14.3 Å². The fraction of sp³-hybridized carbons (Fsp3) is 0.667. The highest BCUT2D eigenvalue weighted by atomic mass is 16.6. The molecule has 16 heavy (non-hydrogen) atoms. The molecule has 0 spiro atoms. The summed E-state index contributed by atoms with van der Waals surface area (Å²) >= 11 is 0. The molecular weight excluding hydrogens is 220 g/mol. The molecule has 4 N–H and O–H groups in total. The lowest BCUT2D eigenvalue weighted by Crippen LogP contribution is -2.33. The molecule has 0 amide bonds. The minimum absolute atomic E-state index is 0.157. The van der Waals surface area contributed by atoms with Gasteiger partial charge < -0.3 is 29.9 Å². The number of aliphatic hydroxyl groups is 4. The van der Waals surface area contributed by atoms with Gasteiger partial charge in [-0.2, -0.15) is 0 Å². The third kappa shape index (κ3) is 3.26. The van der Waals surface area contributed by atoms with Crippen LogP contribution in [0.15, 0.2) is 12.3 Å². The second kappa shape index (κ2) is 5.92. The SMILES string of the molecule is O=C1CC=CO1.OC[C@H]1O[C@@H](O)[C@H](O)[C@@H]1O. The molecule has 1 fully saturated rings. The molecule has 1 saturated heterocycles. The smallest absolute Gasteiger partial charge is 0.314 e. The predicted octanol–water partition coefficient (Wildman–Crippen LogP) is -2.14. The first-order valence-electron chi connectivity index (χ1n) is 4.71. The van der Waals surface area contributed by atoms with Gasteiger partial charge in [0.2, 0.25) is 0 Å². The van der Waals surface area contributed by atoms with Gasteiger partial charge in [0.25, 0.3) is 0 Å². The van der Waals surface area contributed by atoms with E-state index < -0.39 is 31.2 Å². The van der Waals surface area contributed by atoms with Gasteiger partial charge in [-0.1, -0.05) is 0 Å². The zero-order valence-corrected chi connectivity index (χ0v) is 8.39. The Kier molecular flexibility index (Phi) is 4.84. The van der Waals surface area contributed by atoms with Crippen molar-refractivity contribution in [2.24, 2.45) is 0 Å². The van der Waals surface area contributed by atoms with Gasteiger partial charge in [0.1, 0.15) is 18.3 Å². The molecule has 0 bridgehead atoms. The predicted molar refractivity (Wildman–Crippen MR) is 49.8 cm³/mol. The number of aliphatic hydroxyl groups excluding tert-OH is 4. The van der Waals surface area contributed by atoms with E-state index in [1.54, 1.807) is 6.08 Å². The third-order valence-electron chi connectivity index (χ3n) is 2.10.